The van der Waals surface area contributed by atoms with Gasteiger partial charge in [-0.2, -0.15) is 11.8 Å². The second kappa shape index (κ2) is 6.50. The number of fused-ring (bicyclic) bond motifs is 1. The van der Waals surface area contributed by atoms with Crippen LogP contribution in [0.1, 0.15) is 37.0 Å². The molecule has 2 rings (SSSR count). The molecule has 0 aliphatic heterocycles. The van der Waals surface area contributed by atoms with E-state index in [1.165, 1.54) is 6.07 Å². The maximum Gasteiger partial charge on any atom is 0.224 e. The standard InChI is InChI=1S/C17H24O4S/c1-4-22-9-17(3,21)11-5-6-12-13(8-11)10(2)7-14(18)16(20)15(12)19/h7,11,21H,4-6,8-9H2,1-3H3,(H2,18,19,20)/t11-,17?/m0/s1. The van der Waals surface area contributed by atoms with Crippen LogP contribution in [-0.4, -0.2) is 32.4 Å². The Labute approximate surface area is 135 Å². The van der Waals surface area contributed by atoms with Crippen molar-refractivity contribution < 1.29 is 15.3 Å². The number of hydrogen-bond donors (Lipinski definition) is 3. The van der Waals surface area contributed by atoms with Crippen molar-refractivity contribution in [1.82, 2.24) is 0 Å². The van der Waals surface area contributed by atoms with Crippen LogP contribution in [0.5, 0.6) is 11.5 Å². The molecule has 0 aromatic heterocycles. The molecule has 3 N–H and O–H groups in total. The van der Waals surface area contributed by atoms with Crippen molar-refractivity contribution in [1.29, 1.82) is 0 Å². The smallest absolute Gasteiger partial charge is 0.224 e. The highest BCUT2D eigenvalue weighted by atomic mass is 32.2. The molecule has 0 fully saturated rings. The van der Waals surface area contributed by atoms with Crippen LogP contribution in [0.25, 0.3) is 0 Å². The number of hydrogen-bond acceptors (Lipinski definition) is 5. The molecule has 0 saturated heterocycles. The Kier molecular flexibility index (Phi) is 5.07. The molecule has 5 heteroatoms. The first-order valence-electron chi connectivity index (χ1n) is 7.65. The molecule has 1 aromatic rings. The van der Waals surface area contributed by atoms with Crippen LogP contribution in [0.15, 0.2) is 10.9 Å². The van der Waals surface area contributed by atoms with E-state index >= 15 is 0 Å². The number of thioether (sulfide) groups is 1. The van der Waals surface area contributed by atoms with Crippen molar-refractivity contribution in [2.45, 2.75) is 45.6 Å². The minimum absolute atomic E-state index is 0.0804. The number of aliphatic hydroxyl groups is 1. The Morgan fingerprint density at radius 1 is 1.32 bits per heavy atom. The maximum absolute atomic E-state index is 11.8. The Morgan fingerprint density at radius 2 is 2.00 bits per heavy atom. The molecular weight excluding hydrogens is 300 g/mol. The van der Waals surface area contributed by atoms with E-state index in [1.54, 1.807) is 11.8 Å². The lowest BCUT2D eigenvalue weighted by Gasteiger charge is -2.36. The molecule has 0 heterocycles. The molecule has 4 nitrogen and oxygen atoms in total. The zero-order valence-electron chi connectivity index (χ0n) is 13.3. The highest BCUT2D eigenvalue weighted by molar-refractivity contribution is 7.99. The molecule has 2 atom stereocenters. The van der Waals surface area contributed by atoms with Gasteiger partial charge in [0, 0.05) is 11.3 Å². The lowest BCUT2D eigenvalue weighted by molar-refractivity contribution is 0.0155. The molecule has 0 radical (unpaired) electrons. The average Bonchev–Trinajstić information content (AvgIpc) is 2.57. The molecule has 1 aliphatic carbocycles. The van der Waals surface area contributed by atoms with Gasteiger partial charge in [0.25, 0.3) is 0 Å². The van der Waals surface area contributed by atoms with E-state index in [9.17, 15) is 20.1 Å². The highest BCUT2D eigenvalue weighted by Gasteiger charge is 2.35. The quantitative estimate of drug-likeness (QED) is 0.792. The third-order valence-electron chi connectivity index (χ3n) is 4.60. The van der Waals surface area contributed by atoms with E-state index in [0.29, 0.717) is 24.2 Å². The molecule has 1 aliphatic rings. The topological polar surface area (TPSA) is 77.8 Å². The third kappa shape index (κ3) is 3.25. The predicted molar refractivity (Wildman–Crippen MR) is 89.9 cm³/mol. The van der Waals surface area contributed by atoms with Crippen LogP contribution in [0.3, 0.4) is 0 Å². The first-order chi connectivity index (χ1) is 10.3. The van der Waals surface area contributed by atoms with Gasteiger partial charge < -0.3 is 15.3 Å². The summed E-state index contributed by atoms with van der Waals surface area (Å²) in [6.07, 6.45) is 1.90. The van der Waals surface area contributed by atoms with E-state index < -0.39 is 16.8 Å². The molecule has 0 saturated carbocycles. The van der Waals surface area contributed by atoms with Crippen molar-refractivity contribution in [3.63, 3.8) is 0 Å². The summed E-state index contributed by atoms with van der Waals surface area (Å²) in [5.74, 6) is 0.842. The largest absolute Gasteiger partial charge is 0.504 e. The van der Waals surface area contributed by atoms with Crippen LogP contribution in [-0.2, 0) is 12.8 Å². The molecule has 122 valence electrons. The lowest BCUT2D eigenvalue weighted by atomic mass is 9.75. The summed E-state index contributed by atoms with van der Waals surface area (Å²) in [6.45, 7) is 5.74. The average molecular weight is 324 g/mol. The zero-order valence-corrected chi connectivity index (χ0v) is 14.2. The van der Waals surface area contributed by atoms with Gasteiger partial charge in [-0.3, -0.25) is 4.79 Å². The van der Waals surface area contributed by atoms with Gasteiger partial charge in [0.15, 0.2) is 5.75 Å². The summed E-state index contributed by atoms with van der Waals surface area (Å²) in [5, 5.41) is 30.6. The van der Waals surface area contributed by atoms with Gasteiger partial charge >= 0.3 is 0 Å². The summed E-state index contributed by atoms with van der Waals surface area (Å²) in [5.41, 5.74) is 0.950. The molecule has 0 amide bonds. The fourth-order valence-corrected chi connectivity index (χ4v) is 4.02. The van der Waals surface area contributed by atoms with Crippen molar-refractivity contribution in [3.8, 4) is 11.5 Å². The van der Waals surface area contributed by atoms with Gasteiger partial charge in [0.2, 0.25) is 11.2 Å². The maximum atomic E-state index is 11.8. The Balaban J connectivity index is 2.41. The SMILES string of the molecule is CCSCC(C)(O)[C@H]1CCc2c(O)c(O)c(=O)cc(C)c2C1. The molecular formula is C17H24O4S. The van der Waals surface area contributed by atoms with Crippen molar-refractivity contribution in [2.75, 3.05) is 11.5 Å². The van der Waals surface area contributed by atoms with Crippen molar-refractivity contribution >= 4 is 11.8 Å². The summed E-state index contributed by atoms with van der Waals surface area (Å²) in [4.78, 5) is 11.8. The Morgan fingerprint density at radius 3 is 2.64 bits per heavy atom. The summed E-state index contributed by atoms with van der Waals surface area (Å²) in [6, 6.07) is 1.37. The molecule has 0 spiro atoms. The molecule has 1 aromatic carbocycles. The molecule has 0 bridgehead atoms. The Bertz CT molecular complexity index is 625. The van der Waals surface area contributed by atoms with Gasteiger partial charge in [0.05, 0.1) is 5.60 Å². The minimum Gasteiger partial charge on any atom is -0.504 e. The van der Waals surface area contributed by atoms with Gasteiger partial charge in [0.1, 0.15) is 0 Å². The van der Waals surface area contributed by atoms with E-state index in [1.807, 2.05) is 13.8 Å². The van der Waals surface area contributed by atoms with Gasteiger partial charge in [-0.15, -0.1) is 0 Å². The molecule has 1 unspecified atom stereocenters. The second-order valence-corrected chi connectivity index (χ2v) is 7.55. The monoisotopic (exact) mass is 324 g/mol. The Hall–Kier alpha value is -1.20. The van der Waals surface area contributed by atoms with Crippen molar-refractivity contribution in [3.05, 3.63) is 33.0 Å². The van der Waals surface area contributed by atoms with Gasteiger partial charge in [-0.05, 0) is 62.0 Å². The summed E-state index contributed by atoms with van der Waals surface area (Å²) in [7, 11) is 0. The van der Waals surface area contributed by atoms with Crippen molar-refractivity contribution in [2.24, 2.45) is 5.92 Å². The minimum atomic E-state index is -0.781. The summed E-state index contributed by atoms with van der Waals surface area (Å²) >= 11 is 1.71. The number of rotatable bonds is 4. The normalized spacial score (nSPS) is 20.3. The predicted octanol–water partition coefficient (Wildman–Crippen LogP) is 2.38. The third-order valence-corrected chi connectivity index (χ3v) is 5.80. The van der Waals surface area contributed by atoms with Crippen LogP contribution in [0.4, 0.5) is 0 Å². The van der Waals surface area contributed by atoms with E-state index in [0.717, 1.165) is 23.3 Å². The van der Waals surface area contributed by atoms with Gasteiger partial charge in [-0.1, -0.05) is 6.92 Å². The zero-order chi connectivity index (χ0) is 16.5. The number of aryl methyl sites for hydroxylation is 1. The lowest BCUT2D eigenvalue weighted by Crippen LogP contribution is -2.40. The van der Waals surface area contributed by atoms with Crippen LogP contribution in [0.2, 0.25) is 0 Å². The molecule has 22 heavy (non-hydrogen) atoms. The fraction of sp³-hybridized carbons (Fsp3) is 0.588. The number of aromatic hydroxyl groups is 2. The highest BCUT2D eigenvalue weighted by Crippen LogP contribution is 2.39. The second-order valence-electron chi connectivity index (χ2n) is 6.28. The first kappa shape index (κ1) is 17.2. The summed E-state index contributed by atoms with van der Waals surface area (Å²) < 4.78 is 0. The van der Waals surface area contributed by atoms with Crippen LogP contribution < -0.4 is 5.43 Å². The van der Waals surface area contributed by atoms with E-state index in [-0.39, 0.29) is 11.7 Å². The van der Waals surface area contributed by atoms with Crippen LogP contribution in [0, 0.1) is 12.8 Å². The van der Waals surface area contributed by atoms with Gasteiger partial charge in [-0.25, -0.2) is 0 Å². The van der Waals surface area contributed by atoms with E-state index in [2.05, 4.69) is 6.92 Å². The first-order valence-corrected chi connectivity index (χ1v) is 8.81. The van der Waals surface area contributed by atoms with E-state index in [4.69, 9.17) is 0 Å². The van der Waals surface area contributed by atoms with Crippen LogP contribution >= 0.6 is 11.8 Å². The fourth-order valence-electron chi connectivity index (χ4n) is 3.17.